The maximum Gasteiger partial charge on any atom is 0.0639 e. The van der Waals surface area contributed by atoms with Gasteiger partial charge in [-0.1, -0.05) is 17.7 Å². The Morgan fingerprint density at radius 2 is 2.20 bits per heavy atom. The van der Waals surface area contributed by atoms with Crippen molar-refractivity contribution >= 4 is 0 Å². The molecule has 1 heteroatoms. The predicted octanol–water partition coefficient (Wildman–Crippen LogP) is 2.28. The first-order valence-corrected chi connectivity index (χ1v) is 3.68. The minimum atomic E-state index is 0.189. The summed E-state index contributed by atoms with van der Waals surface area (Å²) in [5, 5.41) is 8.60. The molecule has 0 aromatic carbocycles. The second kappa shape index (κ2) is 6.56. The maximum absolute atomic E-state index is 8.60. The van der Waals surface area contributed by atoms with E-state index in [4.69, 9.17) is 5.11 Å². The van der Waals surface area contributed by atoms with Gasteiger partial charge in [0, 0.05) is 0 Å². The molecule has 0 fully saturated rings. The van der Waals surface area contributed by atoms with Gasteiger partial charge < -0.3 is 5.11 Å². The summed E-state index contributed by atoms with van der Waals surface area (Å²) in [5.41, 5.74) is 1.06. The standard InChI is InChI=1S/C9H16O/c1-3-4-5-6-7-9(2)8-10/h3,7,10H,1,4-6,8H2,2H3/b9-7+. The third kappa shape index (κ3) is 5.57. The molecule has 0 bridgehead atoms. The summed E-state index contributed by atoms with van der Waals surface area (Å²) in [6, 6.07) is 0. The van der Waals surface area contributed by atoms with Crippen molar-refractivity contribution in [1.29, 1.82) is 0 Å². The Bertz CT molecular complexity index is 114. The van der Waals surface area contributed by atoms with E-state index in [1.54, 1.807) is 0 Å². The van der Waals surface area contributed by atoms with Crippen molar-refractivity contribution < 1.29 is 5.11 Å². The van der Waals surface area contributed by atoms with Crippen molar-refractivity contribution in [3.8, 4) is 0 Å². The van der Waals surface area contributed by atoms with Crippen LogP contribution in [0.1, 0.15) is 26.2 Å². The van der Waals surface area contributed by atoms with E-state index in [0.717, 1.165) is 24.8 Å². The Morgan fingerprint density at radius 3 is 2.70 bits per heavy atom. The van der Waals surface area contributed by atoms with Crippen molar-refractivity contribution in [2.24, 2.45) is 0 Å². The van der Waals surface area contributed by atoms with Crippen LogP contribution < -0.4 is 0 Å². The van der Waals surface area contributed by atoms with Crippen molar-refractivity contribution in [2.75, 3.05) is 6.61 Å². The molecular weight excluding hydrogens is 124 g/mol. The van der Waals surface area contributed by atoms with Crippen LogP contribution >= 0.6 is 0 Å². The third-order valence-corrected chi connectivity index (χ3v) is 1.35. The average molecular weight is 140 g/mol. The first-order chi connectivity index (χ1) is 4.81. The van der Waals surface area contributed by atoms with Gasteiger partial charge in [-0.15, -0.1) is 6.58 Å². The highest BCUT2D eigenvalue weighted by Crippen LogP contribution is 2.00. The van der Waals surface area contributed by atoms with Crippen LogP contribution in [0.15, 0.2) is 24.3 Å². The molecule has 0 aliphatic carbocycles. The number of hydrogen-bond acceptors (Lipinski definition) is 1. The number of rotatable bonds is 5. The lowest BCUT2D eigenvalue weighted by Gasteiger charge is -1.93. The van der Waals surface area contributed by atoms with E-state index in [-0.39, 0.29) is 6.61 Å². The molecule has 0 spiro atoms. The first kappa shape index (κ1) is 9.44. The largest absolute Gasteiger partial charge is 0.392 e. The molecule has 0 heterocycles. The van der Waals surface area contributed by atoms with E-state index in [2.05, 4.69) is 12.7 Å². The summed E-state index contributed by atoms with van der Waals surface area (Å²) >= 11 is 0. The zero-order chi connectivity index (χ0) is 7.82. The topological polar surface area (TPSA) is 20.2 Å². The molecule has 0 rings (SSSR count). The number of aliphatic hydroxyl groups excluding tert-OH is 1. The molecule has 0 amide bonds. The van der Waals surface area contributed by atoms with E-state index in [1.165, 1.54) is 0 Å². The van der Waals surface area contributed by atoms with Crippen LogP contribution in [0.3, 0.4) is 0 Å². The molecular formula is C9H16O. The van der Waals surface area contributed by atoms with Gasteiger partial charge in [-0.2, -0.15) is 0 Å². The van der Waals surface area contributed by atoms with Gasteiger partial charge in [0.1, 0.15) is 0 Å². The zero-order valence-corrected chi connectivity index (χ0v) is 6.64. The number of hydrogen-bond donors (Lipinski definition) is 1. The third-order valence-electron chi connectivity index (χ3n) is 1.35. The Hall–Kier alpha value is -0.560. The normalized spacial score (nSPS) is 11.6. The summed E-state index contributed by atoms with van der Waals surface area (Å²) in [5.74, 6) is 0. The minimum Gasteiger partial charge on any atom is -0.392 e. The Labute approximate surface area is 63.1 Å². The van der Waals surface area contributed by atoms with Gasteiger partial charge >= 0.3 is 0 Å². The van der Waals surface area contributed by atoms with Crippen LogP contribution in [0.4, 0.5) is 0 Å². The van der Waals surface area contributed by atoms with Crippen LogP contribution in [0.5, 0.6) is 0 Å². The molecule has 1 nitrogen and oxygen atoms in total. The number of allylic oxidation sites excluding steroid dienone is 2. The zero-order valence-electron chi connectivity index (χ0n) is 6.64. The molecule has 0 aromatic rings. The molecule has 58 valence electrons. The Balaban J connectivity index is 3.24. The van der Waals surface area contributed by atoms with Gasteiger partial charge in [0.15, 0.2) is 0 Å². The van der Waals surface area contributed by atoms with Gasteiger partial charge in [0.05, 0.1) is 6.61 Å². The van der Waals surface area contributed by atoms with Crippen LogP contribution in [-0.2, 0) is 0 Å². The smallest absolute Gasteiger partial charge is 0.0639 e. The first-order valence-electron chi connectivity index (χ1n) is 3.68. The second-order valence-electron chi connectivity index (χ2n) is 2.43. The minimum absolute atomic E-state index is 0.189. The lowest BCUT2D eigenvalue weighted by atomic mass is 10.2. The van der Waals surface area contributed by atoms with E-state index < -0.39 is 0 Å². The van der Waals surface area contributed by atoms with Crippen molar-refractivity contribution in [3.05, 3.63) is 24.3 Å². The second-order valence-corrected chi connectivity index (χ2v) is 2.43. The van der Waals surface area contributed by atoms with Gasteiger partial charge in [-0.3, -0.25) is 0 Å². The van der Waals surface area contributed by atoms with E-state index >= 15 is 0 Å². The van der Waals surface area contributed by atoms with Gasteiger partial charge in [0.25, 0.3) is 0 Å². The molecule has 0 radical (unpaired) electrons. The average Bonchev–Trinajstić information content (AvgIpc) is 1.98. The predicted molar refractivity (Wildman–Crippen MR) is 44.9 cm³/mol. The quantitative estimate of drug-likeness (QED) is 0.459. The highest BCUT2D eigenvalue weighted by atomic mass is 16.3. The van der Waals surface area contributed by atoms with E-state index in [1.807, 2.05) is 13.0 Å². The summed E-state index contributed by atoms with van der Waals surface area (Å²) in [6.45, 7) is 5.75. The summed E-state index contributed by atoms with van der Waals surface area (Å²) in [4.78, 5) is 0. The summed E-state index contributed by atoms with van der Waals surface area (Å²) in [6.07, 6.45) is 7.25. The maximum atomic E-state index is 8.60. The molecule has 0 aromatic heterocycles. The monoisotopic (exact) mass is 140 g/mol. The van der Waals surface area contributed by atoms with Crippen LogP contribution in [-0.4, -0.2) is 11.7 Å². The van der Waals surface area contributed by atoms with Gasteiger partial charge in [-0.25, -0.2) is 0 Å². The van der Waals surface area contributed by atoms with Crippen molar-refractivity contribution in [3.63, 3.8) is 0 Å². The van der Waals surface area contributed by atoms with Crippen LogP contribution in [0.25, 0.3) is 0 Å². The Morgan fingerprint density at radius 1 is 1.50 bits per heavy atom. The SMILES string of the molecule is C=CCCC/C=C(\C)CO. The van der Waals surface area contributed by atoms with Crippen LogP contribution in [0, 0.1) is 0 Å². The fourth-order valence-electron chi connectivity index (χ4n) is 0.675. The molecule has 0 saturated carbocycles. The molecule has 10 heavy (non-hydrogen) atoms. The highest BCUT2D eigenvalue weighted by molar-refractivity contribution is 4.97. The Kier molecular flexibility index (Phi) is 6.19. The molecule has 1 N–H and O–H groups in total. The van der Waals surface area contributed by atoms with Crippen LogP contribution in [0.2, 0.25) is 0 Å². The lowest BCUT2D eigenvalue weighted by molar-refractivity contribution is 0.331. The van der Waals surface area contributed by atoms with E-state index in [9.17, 15) is 0 Å². The molecule has 0 atom stereocenters. The number of aliphatic hydroxyl groups is 1. The molecule has 0 saturated heterocycles. The lowest BCUT2D eigenvalue weighted by Crippen LogP contribution is -1.82. The fourth-order valence-corrected chi connectivity index (χ4v) is 0.675. The summed E-state index contributed by atoms with van der Waals surface area (Å²) < 4.78 is 0. The van der Waals surface area contributed by atoms with Crippen molar-refractivity contribution in [1.82, 2.24) is 0 Å². The molecule has 0 aliphatic rings. The van der Waals surface area contributed by atoms with Gasteiger partial charge in [-0.05, 0) is 26.2 Å². The molecule has 0 aliphatic heterocycles. The van der Waals surface area contributed by atoms with Crippen molar-refractivity contribution in [2.45, 2.75) is 26.2 Å². The molecule has 0 unspecified atom stereocenters. The van der Waals surface area contributed by atoms with Gasteiger partial charge in [0.2, 0.25) is 0 Å². The highest BCUT2D eigenvalue weighted by Gasteiger charge is 1.84. The number of unbranched alkanes of at least 4 members (excludes halogenated alkanes) is 2. The summed E-state index contributed by atoms with van der Waals surface area (Å²) in [7, 11) is 0. The fraction of sp³-hybridized carbons (Fsp3) is 0.556. The van der Waals surface area contributed by atoms with E-state index in [0.29, 0.717) is 0 Å².